The normalized spacial score (nSPS) is 13.8. The van der Waals surface area contributed by atoms with Gasteiger partial charge in [0.15, 0.2) is 0 Å². The summed E-state index contributed by atoms with van der Waals surface area (Å²) in [5.74, 6) is 0. The molecule has 0 amide bonds. The zero-order chi connectivity index (χ0) is 9.50. The Morgan fingerprint density at radius 2 is 0.917 bits per heavy atom. The van der Waals surface area contributed by atoms with E-state index in [-0.39, 0.29) is 12.4 Å². The predicted molar refractivity (Wildman–Crippen MR) is 56.7 cm³/mol. The molecular weight excluding hydrogens is 336 g/mol. The Labute approximate surface area is 106 Å². The molecule has 0 bridgehead atoms. The molecule has 0 aromatic heterocycles. The molecule has 0 aromatic carbocycles. The van der Waals surface area contributed by atoms with Crippen molar-refractivity contribution < 1.29 is 8.42 Å². The average Bonchev–Trinajstić information content (AvgIpc) is 1.58. The summed E-state index contributed by atoms with van der Waals surface area (Å²) < 4.78 is 16.5. The molecule has 0 saturated heterocycles. The Morgan fingerprint density at radius 3 is 0.917 bits per heavy atom. The minimum absolute atomic E-state index is 0. The summed E-state index contributed by atoms with van der Waals surface area (Å²) in [6.45, 7) is 0. The third-order valence-electron chi connectivity index (χ3n) is 0.609. The maximum absolute atomic E-state index is 10.9. The molecule has 12 heavy (non-hydrogen) atoms. The van der Waals surface area contributed by atoms with Crippen LogP contribution in [0.5, 0.6) is 0 Å². The van der Waals surface area contributed by atoms with Gasteiger partial charge in [0, 0.05) is 0 Å². The van der Waals surface area contributed by atoms with E-state index in [0.717, 1.165) is 0 Å². The second-order valence-electron chi connectivity index (χ2n) is 1.39. The van der Waals surface area contributed by atoms with Crippen molar-refractivity contribution in [2.24, 2.45) is 0 Å². The SMILES string of the molecule is Cl.O=S(=O)(C(Cl)(Cl)Cl)C(Cl)(Cl)Cl. The summed E-state index contributed by atoms with van der Waals surface area (Å²) >= 11 is 30.0. The van der Waals surface area contributed by atoms with Gasteiger partial charge in [-0.15, -0.1) is 12.4 Å². The number of alkyl halides is 6. The zero-order valence-corrected chi connectivity index (χ0v) is 11.1. The molecule has 0 aliphatic carbocycles. The first-order chi connectivity index (χ1) is 4.50. The average molecular weight is 337 g/mol. The van der Waals surface area contributed by atoms with Crippen molar-refractivity contribution >= 4 is 91.8 Å². The summed E-state index contributed by atoms with van der Waals surface area (Å²) in [5.41, 5.74) is 0. The van der Waals surface area contributed by atoms with E-state index in [1.807, 2.05) is 0 Å². The molecule has 0 saturated carbocycles. The van der Waals surface area contributed by atoms with Gasteiger partial charge in [-0.05, 0) is 0 Å². The van der Waals surface area contributed by atoms with Crippen LogP contribution in [0.25, 0.3) is 0 Å². The highest BCUT2D eigenvalue weighted by Gasteiger charge is 2.52. The Hall–Kier alpha value is 1.98. The number of sulfone groups is 1. The van der Waals surface area contributed by atoms with Gasteiger partial charge in [-0.3, -0.25) is 0 Å². The lowest BCUT2D eigenvalue weighted by Gasteiger charge is -2.17. The smallest absolute Gasteiger partial charge is 0.220 e. The predicted octanol–water partition coefficient (Wildman–Crippen LogP) is 3.48. The van der Waals surface area contributed by atoms with Crippen LogP contribution in [0.3, 0.4) is 0 Å². The lowest BCUT2D eigenvalue weighted by atomic mass is 11.8. The van der Waals surface area contributed by atoms with Gasteiger partial charge in [-0.1, -0.05) is 69.6 Å². The fourth-order valence-electron chi connectivity index (χ4n) is 0.131. The molecule has 0 radical (unpaired) electrons. The zero-order valence-electron chi connectivity index (χ0n) is 4.90. The number of rotatable bonds is 0. The van der Waals surface area contributed by atoms with Crippen LogP contribution in [0.4, 0.5) is 0 Å². The lowest BCUT2D eigenvalue weighted by Crippen LogP contribution is -2.31. The van der Waals surface area contributed by atoms with Gasteiger partial charge in [-0.25, -0.2) is 8.42 Å². The standard InChI is InChI=1S/C2Cl6O2S.ClH/c3-1(4,5)11(9,10)2(6,7)8;/h;1H. The van der Waals surface area contributed by atoms with Crippen LogP contribution in [0.15, 0.2) is 0 Å². The van der Waals surface area contributed by atoms with Gasteiger partial charge in [0.05, 0.1) is 0 Å². The second-order valence-corrected chi connectivity index (χ2v) is 9.53. The molecule has 0 rings (SSSR count). The summed E-state index contributed by atoms with van der Waals surface area (Å²) in [7, 11) is -4.42. The molecular formula is C2HCl7O2S. The largest absolute Gasteiger partial charge is 0.296 e. The van der Waals surface area contributed by atoms with Gasteiger partial charge >= 0.3 is 0 Å². The third kappa shape index (κ3) is 3.62. The summed E-state index contributed by atoms with van der Waals surface area (Å²) in [5, 5.41) is 0. The van der Waals surface area contributed by atoms with Crippen LogP contribution < -0.4 is 0 Å². The fourth-order valence-corrected chi connectivity index (χ4v) is 3.54. The van der Waals surface area contributed by atoms with E-state index in [9.17, 15) is 8.42 Å². The van der Waals surface area contributed by atoms with Crippen molar-refractivity contribution in [3.8, 4) is 0 Å². The van der Waals surface area contributed by atoms with Crippen LogP contribution in [0.2, 0.25) is 0 Å². The molecule has 0 aromatic rings. The molecule has 0 fully saturated rings. The molecule has 0 atom stereocenters. The third-order valence-corrected chi connectivity index (χ3v) is 5.48. The molecule has 0 N–H and O–H groups in total. The van der Waals surface area contributed by atoms with E-state index >= 15 is 0 Å². The van der Waals surface area contributed by atoms with Crippen molar-refractivity contribution in [2.45, 2.75) is 6.25 Å². The first-order valence-electron chi connectivity index (χ1n) is 1.88. The molecule has 0 aliphatic heterocycles. The van der Waals surface area contributed by atoms with Crippen LogP contribution >= 0.6 is 82.0 Å². The van der Waals surface area contributed by atoms with E-state index in [1.54, 1.807) is 0 Å². The minimum atomic E-state index is -4.42. The first kappa shape index (κ1) is 16.4. The van der Waals surface area contributed by atoms with Crippen LogP contribution in [0.1, 0.15) is 0 Å². The van der Waals surface area contributed by atoms with Crippen molar-refractivity contribution in [2.75, 3.05) is 0 Å². The molecule has 0 heterocycles. The topological polar surface area (TPSA) is 34.1 Å². The Morgan fingerprint density at radius 1 is 0.750 bits per heavy atom. The van der Waals surface area contributed by atoms with E-state index in [0.29, 0.717) is 0 Å². The molecule has 76 valence electrons. The van der Waals surface area contributed by atoms with Crippen molar-refractivity contribution in [1.29, 1.82) is 0 Å². The van der Waals surface area contributed by atoms with Gasteiger partial charge in [-0.2, -0.15) is 0 Å². The van der Waals surface area contributed by atoms with E-state index in [4.69, 9.17) is 69.6 Å². The number of hydrogen-bond acceptors (Lipinski definition) is 2. The van der Waals surface area contributed by atoms with Gasteiger partial charge in [0.1, 0.15) is 0 Å². The van der Waals surface area contributed by atoms with Crippen molar-refractivity contribution in [3.05, 3.63) is 0 Å². The maximum Gasteiger partial charge on any atom is 0.296 e. The van der Waals surface area contributed by atoms with Crippen LogP contribution in [-0.2, 0) is 9.84 Å². The maximum atomic E-state index is 10.9. The Bertz CT molecular complexity index is 211. The van der Waals surface area contributed by atoms with Gasteiger partial charge in [0.2, 0.25) is 9.84 Å². The van der Waals surface area contributed by atoms with Crippen molar-refractivity contribution in [1.82, 2.24) is 0 Å². The highest BCUT2D eigenvalue weighted by Crippen LogP contribution is 2.46. The van der Waals surface area contributed by atoms with Crippen LogP contribution in [-0.4, -0.2) is 14.7 Å². The molecule has 2 nitrogen and oxygen atoms in total. The van der Waals surface area contributed by atoms with Crippen molar-refractivity contribution in [3.63, 3.8) is 0 Å². The molecule has 0 aliphatic rings. The summed E-state index contributed by atoms with van der Waals surface area (Å²) in [6.07, 6.45) is 0. The van der Waals surface area contributed by atoms with E-state index in [1.165, 1.54) is 0 Å². The molecule has 10 heteroatoms. The highest BCUT2D eigenvalue weighted by molar-refractivity contribution is 8.02. The lowest BCUT2D eigenvalue weighted by molar-refractivity contribution is 0.597. The summed E-state index contributed by atoms with van der Waals surface area (Å²) in [4.78, 5) is 0. The molecule has 0 unspecified atom stereocenters. The number of halogens is 7. The number of hydrogen-bond donors (Lipinski definition) is 0. The first-order valence-corrected chi connectivity index (χ1v) is 5.63. The van der Waals surface area contributed by atoms with Gasteiger partial charge in [0.25, 0.3) is 6.25 Å². The van der Waals surface area contributed by atoms with Crippen LogP contribution in [0, 0.1) is 0 Å². The van der Waals surface area contributed by atoms with Gasteiger partial charge < -0.3 is 0 Å². The Balaban J connectivity index is 0. The fraction of sp³-hybridized carbons (Fsp3) is 1.00. The quantitative estimate of drug-likeness (QED) is 0.634. The summed E-state index contributed by atoms with van der Waals surface area (Å²) in [6, 6.07) is 0. The monoisotopic (exact) mass is 334 g/mol. The minimum Gasteiger partial charge on any atom is -0.220 e. The van der Waals surface area contributed by atoms with E-state index < -0.39 is 16.1 Å². The second kappa shape index (κ2) is 4.67. The molecule has 0 spiro atoms. The Kier molecular flexibility index (Phi) is 6.38. The van der Waals surface area contributed by atoms with E-state index in [2.05, 4.69) is 0 Å². The highest BCUT2D eigenvalue weighted by atomic mass is 35.6.